The van der Waals surface area contributed by atoms with Crippen LogP contribution in [0.2, 0.25) is 0 Å². The van der Waals surface area contributed by atoms with Gasteiger partial charge in [-0.15, -0.1) is 0 Å². The first-order valence-corrected chi connectivity index (χ1v) is 6.58. The molecule has 0 saturated heterocycles. The summed E-state index contributed by atoms with van der Waals surface area (Å²) in [5, 5.41) is 12.0. The molecule has 5 heteroatoms. The quantitative estimate of drug-likeness (QED) is 0.871. The van der Waals surface area contributed by atoms with Gasteiger partial charge in [0.25, 0.3) is 0 Å². The molecule has 1 aromatic rings. The van der Waals surface area contributed by atoms with Crippen LogP contribution in [0.1, 0.15) is 37.9 Å². The number of benzene rings is 1. The Morgan fingerprint density at radius 3 is 2.55 bits per heavy atom. The van der Waals surface area contributed by atoms with Crippen LogP contribution in [0, 0.1) is 5.92 Å². The number of nitrogens with one attached hydrogen (secondary N) is 1. The van der Waals surface area contributed by atoms with Crippen molar-refractivity contribution in [3.8, 4) is 0 Å². The fourth-order valence-electron chi connectivity index (χ4n) is 2.44. The molecule has 2 N–H and O–H groups in total. The number of hydrogen-bond donors (Lipinski definition) is 2. The van der Waals surface area contributed by atoms with E-state index in [1.807, 2.05) is 24.3 Å². The van der Waals surface area contributed by atoms with Gasteiger partial charge in [-0.05, 0) is 38.3 Å². The first-order chi connectivity index (χ1) is 9.28. The normalized spacial score (nSPS) is 21.1. The standard InChI is InChI=1S/C15H19NO4/c1-15(2,3)20-14(19)16-12-10-7-5-4-6-9(10)8-11(12)13(17)18/h4-7,11-12H,8H2,1-3H3,(H,16,19)(H,17,18). The average Bonchev–Trinajstić information content (AvgIpc) is 2.66. The third kappa shape index (κ3) is 3.10. The second kappa shape index (κ2) is 5.15. The molecular weight excluding hydrogens is 258 g/mol. The lowest BCUT2D eigenvalue weighted by molar-refractivity contribution is -0.142. The van der Waals surface area contributed by atoms with Gasteiger partial charge >= 0.3 is 12.1 Å². The van der Waals surface area contributed by atoms with Crippen LogP contribution in [0.3, 0.4) is 0 Å². The van der Waals surface area contributed by atoms with Crippen molar-refractivity contribution in [3.63, 3.8) is 0 Å². The van der Waals surface area contributed by atoms with Gasteiger partial charge in [-0.25, -0.2) is 4.79 Å². The van der Waals surface area contributed by atoms with E-state index in [1.165, 1.54) is 0 Å². The molecule has 0 heterocycles. The van der Waals surface area contributed by atoms with Gasteiger partial charge < -0.3 is 15.2 Å². The van der Waals surface area contributed by atoms with Crippen LogP contribution in [-0.2, 0) is 16.0 Å². The zero-order valence-corrected chi connectivity index (χ0v) is 11.8. The molecule has 108 valence electrons. The van der Waals surface area contributed by atoms with Gasteiger partial charge in [-0.1, -0.05) is 24.3 Å². The fraction of sp³-hybridized carbons (Fsp3) is 0.467. The average molecular weight is 277 g/mol. The number of hydrogen-bond acceptors (Lipinski definition) is 3. The van der Waals surface area contributed by atoms with Crippen LogP contribution >= 0.6 is 0 Å². The Balaban J connectivity index is 2.19. The number of aliphatic carboxylic acids is 1. The summed E-state index contributed by atoms with van der Waals surface area (Å²) in [6, 6.07) is 6.90. The molecule has 0 aromatic heterocycles. The number of rotatable bonds is 2. The maximum atomic E-state index is 11.9. The first-order valence-electron chi connectivity index (χ1n) is 6.58. The number of fused-ring (bicyclic) bond motifs is 1. The Kier molecular flexibility index (Phi) is 3.70. The maximum absolute atomic E-state index is 11.9. The van der Waals surface area contributed by atoms with Crippen LogP contribution in [-0.4, -0.2) is 22.8 Å². The van der Waals surface area contributed by atoms with Crippen molar-refractivity contribution in [1.82, 2.24) is 5.32 Å². The largest absolute Gasteiger partial charge is 0.481 e. The lowest BCUT2D eigenvalue weighted by atomic mass is 10.0. The molecule has 1 aliphatic carbocycles. The van der Waals surface area contributed by atoms with Crippen molar-refractivity contribution >= 4 is 12.1 Å². The molecule has 0 saturated carbocycles. The van der Waals surface area contributed by atoms with E-state index in [-0.39, 0.29) is 0 Å². The van der Waals surface area contributed by atoms with Crippen LogP contribution in [0.15, 0.2) is 24.3 Å². The molecular formula is C15H19NO4. The highest BCUT2D eigenvalue weighted by Gasteiger charge is 2.38. The predicted molar refractivity (Wildman–Crippen MR) is 73.4 cm³/mol. The summed E-state index contributed by atoms with van der Waals surface area (Å²) in [7, 11) is 0. The molecule has 1 amide bonds. The molecule has 1 aliphatic rings. The van der Waals surface area contributed by atoms with E-state index in [4.69, 9.17) is 4.74 Å². The van der Waals surface area contributed by atoms with Crippen molar-refractivity contribution in [2.75, 3.05) is 0 Å². The summed E-state index contributed by atoms with van der Waals surface area (Å²) in [4.78, 5) is 23.2. The molecule has 20 heavy (non-hydrogen) atoms. The number of carbonyl (C=O) groups is 2. The van der Waals surface area contributed by atoms with Crippen molar-refractivity contribution in [2.24, 2.45) is 5.92 Å². The predicted octanol–water partition coefficient (Wildman–Crippen LogP) is 2.51. The van der Waals surface area contributed by atoms with Crippen LogP contribution in [0.4, 0.5) is 4.79 Å². The Morgan fingerprint density at radius 2 is 1.95 bits per heavy atom. The molecule has 0 bridgehead atoms. The van der Waals surface area contributed by atoms with Gasteiger partial charge in [0.05, 0.1) is 12.0 Å². The minimum atomic E-state index is -0.915. The minimum absolute atomic E-state index is 0.423. The monoisotopic (exact) mass is 277 g/mol. The Hall–Kier alpha value is -2.04. The van der Waals surface area contributed by atoms with Gasteiger partial charge in [0.15, 0.2) is 0 Å². The van der Waals surface area contributed by atoms with Gasteiger partial charge in [-0.3, -0.25) is 4.79 Å². The Labute approximate surface area is 117 Å². The van der Waals surface area contributed by atoms with E-state index in [0.29, 0.717) is 6.42 Å². The summed E-state index contributed by atoms with van der Waals surface area (Å²) < 4.78 is 5.20. The number of amides is 1. The second-order valence-corrected chi connectivity index (χ2v) is 5.97. The van der Waals surface area contributed by atoms with Crippen LogP contribution in [0.25, 0.3) is 0 Å². The number of carboxylic acids is 1. The number of carboxylic acid groups (broad SMARTS) is 1. The summed E-state index contributed by atoms with van der Waals surface area (Å²) in [5.74, 6) is -1.57. The molecule has 2 unspecified atom stereocenters. The molecule has 2 atom stereocenters. The Bertz CT molecular complexity index is 533. The SMILES string of the molecule is CC(C)(C)OC(=O)NC1c2ccccc2CC1C(=O)O. The van der Waals surface area contributed by atoms with Crippen LogP contribution < -0.4 is 5.32 Å². The third-order valence-corrected chi connectivity index (χ3v) is 3.22. The number of carbonyl (C=O) groups excluding carboxylic acids is 1. The summed E-state index contributed by atoms with van der Waals surface area (Å²) >= 11 is 0. The van der Waals surface area contributed by atoms with E-state index in [1.54, 1.807) is 20.8 Å². The fourth-order valence-corrected chi connectivity index (χ4v) is 2.44. The molecule has 0 aliphatic heterocycles. The first kappa shape index (κ1) is 14.4. The highest BCUT2D eigenvalue weighted by Crippen LogP contribution is 2.36. The van der Waals surface area contributed by atoms with Crippen molar-refractivity contribution in [2.45, 2.75) is 38.8 Å². The number of alkyl carbamates (subject to hydrolysis) is 1. The third-order valence-electron chi connectivity index (χ3n) is 3.22. The van der Waals surface area contributed by atoms with E-state index in [9.17, 15) is 14.7 Å². The highest BCUT2D eigenvalue weighted by atomic mass is 16.6. The van der Waals surface area contributed by atoms with Crippen LogP contribution in [0.5, 0.6) is 0 Å². The molecule has 2 rings (SSSR count). The van der Waals surface area contributed by atoms with E-state index >= 15 is 0 Å². The smallest absolute Gasteiger partial charge is 0.408 e. The summed E-state index contributed by atoms with van der Waals surface area (Å²) in [5.41, 5.74) is 1.20. The molecule has 0 spiro atoms. The molecule has 0 fully saturated rings. The van der Waals surface area contributed by atoms with Crippen molar-refractivity contribution in [3.05, 3.63) is 35.4 Å². The van der Waals surface area contributed by atoms with E-state index < -0.39 is 29.6 Å². The topological polar surface area (TPSA) is 75.6 Å². The van der Waals surface area contributed by atoms with Gasteiger partial charge in [0.2, 0.25) is 0 Å². The maximum Gasteiger partial charge on any atom is 0.408 e. The molecule has 1 aromatic carbocycles. The number of ether oxygens (including phenoxy) is 1. The minimum Gasteiger partial charge on any atom is -0.481 e. The van der Waals surface area contributed by atoms with E-state index in [0.717, 1.165) is 11.1 Å². The molecule has 0 radical (unpaired) electrons. The summed E-state index contributed by atoms with van der Waals surface area (Å²) in [6.45, 7) is 5.30. The van der Waals surface area contributed by atoms with Gasteiger partial charge in [0.1, 0.15) is 5.60 Å². The lowest BCUT2D eigenvalue weighted by Crippen LogP contribution is -2.38. The van der Waals surface area contributed by atoms with Crippen molar-refractivity contribution < 1.29 is 19.4 Å². The van der Waals surface area contributed by atoms with Gasteiger partial charge in [-0.2, -0.15) is 0 Å². The second-order valence-electron chi connectivity index (χ2n) is 5.97. The summed E-state index contributed by atoms with van der Waals surface area (Å²) in [6.07, 6.45) is -0.170. The van der Waals surface area contributed by atoms with Gasteiger partial charge in [0, 0.05) is 0 Å². The lowest BCUT2D eigenvalue weighted by Gasteiger charge is -2.23. The van der Waals surface area contributed by atoms with E-state index in [2.05, 4.69) is 5.32 Å². The van der Waals surface area contributed by atoms with Crippen molar-refractivity contribution in [1.29, 1.82) is 0 Å². The zero-order chi connectivity index (χ0) is 14.9. The Morgan fingerprint density at radius 1 is 1.30 bits per heavy atom. The highest BCUT2D eigenvalue weighted by molar-refractivity contribution is 5.76. The zero-order valence-electron chi connectivity index (χ0n) is 11.8. The molecule has 5 nitrogen and oxygen atoms in total.